The number of benzene rings is 2. The monoisotopic (exact) mass is 328 g/mol. The number of nitrogens with zero attached hydrogens (tertiary/aromatic N) is 1. The van der Waals surface area contributed by atoms with Gasteiger partial charge in [-0.2, -0.15) is 0 Å². The number of nitrogens with two attached hydrogens (primary N) is 1. The number of pyridine rings is 1. The summed E-state index contributed by atoms with van der Waals surface area (Å²) < 4.78 is 28.3. The fraction of sp³-hybridized carbons (Fsp3) is 0.118. The molecule has 118 valence electrons. The summed E-state index contributed by atoms with van der Waals surface area (Å²) in [5, 5.41) is 5.97. The van der Waals surface area contributed by atoms with E-state index in [1.807, 2.05) is 54.6 Å². The van der Waals surface area contributed by atoms with Gasteiger partial charge in [-0.15, -0.1) is 0 Å². The first-order valence-corrected chi connectivity index (χ1v) is 8.79. The smallest absolute Gasteiger partial charge is 0.214 e. The van der Waals surface area contributed by atoms with Crippen molar-refractivity contribution in [2.45, 2.75) is 12.4 Å². The summed E-state index contributed by atoms with van der Waals surface area (Å²) in [4.78, 5) is 4.39. The molecule has 2 aromatic carbocycles. The molecule has 3 aromatic rings. The van der Waals surface area contributed by atoms with Crippen molar-refractivity contribution in [1.82, 2.24) is 4.98 Å². The second-order valence-corrected chi connectivity index (χ2v) is 6.83. The molecule has 0 aliphatic rings. The predicted octanol–water partition coefficient (Wildman–Crippen LogP) is 2.60. The van der Waals surface area contributed by atoms with Gasteiger partial charge in [0.05, 0.1) is 5.69 Å². The largest absolute Gasteiger partial charge is 0.487 e. The van der Waals surface area contributed by atoms with E-state index < -0.39 is 10.0 Å². The fourth-order valence-corrected chi connectivity index (χ4v) is 2.87. The van der Waals surface area contributed by atoms with E-state index in [1.165, 1.54) is 0 Å². The Balaban J connectivity index is 1.91. The van der Waals surface area contributed by atoms with Crippen LogP contribution in [-0.2, 0) is 22.4 Å². The van der Waals surface area contributed by atoms with Gasteiger partial charge in [-0.05, 0) is 17.7 Å². The van der Waals surface area contributed by atoms with Crippen molar-refractivity contribution in [2.24, 2.45) is 5.14 Å². The van der Waals surface area contributed by atoms with Crippen molar-refractivity contribution >= 4 is 20.9 Å². The van der Waals surface area contributed by atoms with Crippen molar-refractivity contribution in [3.63, 3.8) is 0 Å². The van der Waals surface area contributed by atoms with E-state index in [9.17, 15) is 8.42 Å². The van der Waals surface area contributed by atoms with Crippen LogP contribution >= 0.6 is 0 Å². The number of aromatic nitrogens is 1. The minimum Gasteiger partial charge on any atom is -0.487 e. The van der Waals surface area contributed by atoms with Gasteiger partial charge >= 0.3 is 0 Å². The summed E-state index contributed by atoms with van der Waals surface area (Å²) >= 11 is 0. The van der Waals surface area contributed by atoms with Gasteiger partial charge in [-0.3, -0.25) is 0 Å². The highest BCUT2D eigenvalue weighted by Gasteiger charge is 2.10. The second kappa shape index (κ2) is 6.36. The zero-order chi connectivity index (χ0) is 16.3. The Bertz CT molecular complexity index is 925. The SMILES string of the molecule is NS(=O)(=O)Cc1ccc2cccc(OCc3ccccc3)c2n1. The molecule has 0 radical (unpaired) electrons. The molecule has 0 fully saturated rings. The molecule has 0 saturated heterocycles. The lowest BCUT2D eigenvalue weighted by molar-refractivity contribution is 0.309. The third-order valence-electron chi connectivity index (χ3n) is 3.33. The summed E-state index contributed by atoms with van der Waals surface area (Å²) in [6, 6.07) is 18.9. The first-order chi connectivity index (χ1) is 11.0. The van der Waals surface area contributed by atoms with Crippen molar-refractivity contribution in [3.8, 4) is 5.75 Å². The second-order valence-electron chi connectivity index (χ2n) is 5.21. The van der Waals surface area contributed by atoms with Gasteiger partial charge in [0.2, 0.25) is 10.0 Å². The number of hydrogen-bond acceptors (Lipinski definition) is 4. The van der Waals surface area contributed by atoms with Crippen molar-refractivity contribution in [3.05, 3.63) is 71.9 Å². The molecule has 1 aromatic heterocycles. The van der Waals surface area contributed by atoms with Gasteiger partial charge in [-0.1, -0.05) is 48.5 Å². The van der Waals surface area contributed by atoms with E-state index in [1.54, 1.807) is 6.07 Å². The van der Waals surface area contributed by atoms with Gasteiger partial charge in [0.15, 0.2) is 0 Å². The maximum Gasteiger partial charge on any atom is 0.214 e. The third kappa shape index (κ3) is 4.06. The standard InChI is InChI=1S/C17H16N2O3S/c18-23(20,21)12-15-10-9-14-7-4-8-16(17(14)19-15)22-11-13-5-2-1-3-6-13/h1-10H,11-12H2,(H2,18,20,21). The highest BCUT2D eigenvalue weighted by molar-refractivity contribution is 7.88. The molecule has 0 aliphatic heterocycles. The Morgan fingerprint density at radius 1 is 0.957 bits per heavy atom. The molecular formula is C17H16N2O3S. The van der Waals surface area contributed by atoms with Crippen molar-refractivity contribution in [2.75, 3.05) is 0 Å². The average Bonchev–Trinajstić information content (AvgIpc) is 2.52. The van der Waals surface area contributed by atoms with Crippen LogP contribution in [0.4, 0.5) is 0 Å². The van der Waals surface area contributed by atoms with Crippen molar-refractivity contribution < 1.29 is 13.2 Å². The van der Waals surface area contributed by atoms with Crippen LogP contribution < -0.4 is 9.88 Å². The first-order valence-electron chi connectivity index (χ1n) is 7.07. The lowest BCUT2D eigenvalue weighted by Crippen LogP contribution is -2.15. The highest BCUT2D eigenvalue weighted by atomic mass is 32.2. The summed E-state index contributed by atoms with van der Waals surface area (Å²) in [5.41, 5.74) is 2.07. The third-order valence-corrected chi connectivity index (χ3v) is 4.03. The summed E-state index contributed by atoms with van der Waals surface area (Å²) in [6.45, 7) is 0.418. The van der Waals surface area contributed by atoms with Crippen LogP contribution in [0.5, 0.6) is 5.75 Å². The zero-order valence-electron chi connectivity index (χ0n) is 12.3. The molecule has 23 heavy (non-hydrogen) atoms. The van der Waals surface area contributed by atoms with Gasteiger partial charge in [0, 0.05) is 5.39 Å². The zero-order valence-corrected chi connectivity index (χ0v) is 13.2. The van der Waals surface area contributed by atoms with Crippen LogP contribution in [0.2, 0.25) is 0 Å². The van der Waals surface area contributed by atoms with E-state index in [-0.39, 0.29) is 5.75 Å². The van der Waals surface area contributed by atoms with E-state index >= 15 is 0 Å². The molecule has 5 nitrogen and oxygen atoms in total. The van der Waals surface area contributed by atoms with Crippen LogP contribution in [0.3, 0.4) is 0 Å². The number of rotatable bonds is 5. The van der Waals surface area contributed by atoms with Gasteiger partial charge in [0.25, 0.3) is 0 Å². The van der Waals surface area contributed by atoms with E-state index in [0.717, 1.165) is 10.9 Å². The fourth-order valence-electron chi connectivity index (χ4n) is 2.30. The Morgan fingerprint density at radius 3 is 2.48 bits per heavy atom. The Labute approximate surface area is 134 Å². The van der Waals surface area contributed by atoms with Crippen molar-refractivity contribution in [1.29, 1.82) is 0 Å². The number of primary sulfonamides is 1. The summed E-state index contributed by atoms with van der Waals surface area (Å²) in [7, 11) is -3.62. The molecule has 0 saturated carbocycles. The molecule has 0 amide bonds. The average molecular weight is 328 g/mol. The number of ether oxygens (including phenoxy) is 1. The molecule has 0 spiro atoms. The summed E-state index contributed by atoms with van der Waals surface area (Å²) in [6.07, 6.45) is 0. The molecule has 0 bridgehead atoms. The lowest BCUT2D eigenvalue weighted by atomic mass is 10.2. The summed E-state index contributed by atoms with van der Waals surface area (Å²) in [5.74, 6) is 0.318. The molecule has 6 heteroatoms. The van der Waals surface area contributed by atoms with Crippen LogP contribution in [0.1, 0.15) is 11.3 Å². The lowest BCUT2D eigenvalue weighted by Gasteiger charge is -2.10. The topological polar surface area (TPSA) is 82.3 Å². The van der Waals surface area contributed by atoms with Crippen LogP contribution in [0.25, 0.3) is 10.9 Å². The molecule has 0 aliphatic carbocycles. The quantitative estimate of drug-likeness (QED) is 0.780. The molecular weight excluding hydrogens is 312 g/mol. The molecule has 2 N–H and O–H groups in total. The van der Waals surface area contributed by atoms with Crippen LogP contribution in [0.15, 0.2) is 60.7 Å². The highest BCUT2D eigenvalue weighted by Crippen LogP contribution is 2.25. The minimum atomic E-state index is -3.62. The maximum absolute atomic E-state index is 11.2. The van der Waals surface area contributed by atoms with Gasteiger partial charge in [0.1, 0.15) is 23.6 Å². The molecule has 1 heterocycles. The minimum absolute atomic E-state index is 0.296. The number of sulfonamides is 1. The van der Waals surface area contributed by atoms with Gasteiger partial charge in [-0.25, -0.2) is 18.5 Å². The Hall–Kier alpha value is -2.44. The molecule has 0 atom stereocenters. The maximum atomic E-state index is 11.2. The molecule has 3 rings (SSSR count). The predicted molar refractivity (Wildman–Crippen MR) is 89.3 cm³/mol. The van der Waals surface area contributed by atoms with E-state index in [2.05, 4.69) is 4.98 Å². The number of hydrogen-bond donors (Lipinski definition) is 1. The Kier molecular flexibility index (Phi) is 4.27. The van der Waals surface area contributed by atoms with Crippen LogP contribution in [-0.4, -0.2) is 13.4 Å². The number of fused-ring (bicyclic) bond motifs is 1. The van der Waals surface area contributed by atoms with Crippen LogP contribution in [0, 0.1) is 0 Å². The van der Waals surface area contributed by atoms with E-state index in [0.29, 0.717) is 23.6 Å². The van der Waals surface area contributed by atoms with Gasteiger partial charge < -0.3 is 4.74 Å². The molecule has 0 unspecified atom stereocenters. The Morgan fingerprint density at radius 2 is 1.74 bits per heavy atom. The normalized spacial score (nSPS) is 11.5. The van der Waals surface area contributed by atoms with E-state index in [4.69, 9.17) is 9.88 Å². The first kappa shape index (κ1) is 15.5. The number of para-hydroxylation sites is 1.